The predicted octanol–water partition coefficient (Wildman–Crippen LogP) is -10.5. The zero-order valence-corrected chi connectivity index (χ0v) is 49.2. The molecule has 0 fully saturated rings. The fourth-order valence-electron chi connectivity index (χ4n) is 4.29. The van der Waals surface area contributed by atoms with Crippen LogP contribution in [0.3, 0.4) is 0 Å². The van der Waals surface area contributed by atoms with E-state index in [1.54, 1.807) is 56.0 Å². The third kappa shape index (κ3) is 28.0. The second kappa shape index (κ2) is 41.1. The number of hydrogen-bond acceptors (Lipinski definition) is 4. The summed E-state index contributed by atoms with van der Waals surface area (Å²) >= 11 is 0. The van der Waals surface area contributed by atoms with Gasteiger partial charge in [-0.1, -0.05) is 0 Å². The molecule has 0 atom stereocenters. The molecule has 15 N–H and O–H groups in total. The van der Waals surface area contributed by atoms with Crippen LogP contribution in [0.15, 0.2) is 0 Å². The van der Waals surface area contributed by atoms with Gasteiger partial charge in [-0.25, -0.2) is 56.0 Å². The van der Waals surface area contributed by atoms with Crippen LogP contribution in [0.1, 0.15) is 0 Å². The molecule has 1 radical (unpaired) electrons. The van der Waals surface area contributed by atoms with Crippen LogP contribution >= 0.6 is 30.4 Å². The predicted molar refractivity (Wildman–Crippen MR) is 219 cm³/mol. The van der Waals surface area contributed by atoms with Crippen molar-refractivity contribution in [1.29, 1.82) is 0 Å². The van der Waals surface area contributed by atoms with Crippen LogP contribution in [-0.4, -0.2) is 225 Å². The van der Waals surface area contributed by atoms with Crippen LogP contribution in [0.4, 0.5) is 0 Å². The number of nitrogens with zero attached hydrogens (tertiary/aromatic N) is 12. The van der Waals surface area contributed by atoms with E-state index in [4.69, 9.17) is 0 Å². The number of halogens is 3. The van der Waals surface area contributed by atoms with E-state index in [1.807, 2.05) is 169 Å². The van der Waals surface area contributed by atoms with Crippen molar-refractivity contribution in [2.75, 3.05) is 169 Å². The van der Waals surface area contributed by atoms with Crippen LogP contribution in [0.2, 0.25) is 0 Å². The molecular weight excluding hydrogens is 1270 g/mol. The van der Waals surface area contributed by atoms with E-state index in [9.17, 15) is 18.3 Å². The summed E-state index contributed by atoms with van der Waals surface area (Å²) in [5, 5.41) is 0. The van der Waals surface area contributed by atoms with Crippen molar-refractivity contribution in [2.45, 2.75) is 0 Å². The van der Waals surface area contributed by atoms with Gasteiger partial charge in [-0.05, 0) is 169 Å². The van der Waals surface area contributed by atoms with Crippen molar-refractivity contribution in [3.63, 3.8) is 0 Å². The Morgan fingerprint density at radius 1 is 0.208 bits per heavy atom. The number of hydrogen-bond donors (Lipinski definition) is 0. The van der Waals surface area contributed by atoms with E-state index in [-0.39, 0.29) is 137 Å². The largest absolute Gasteiger partial charge is 3.00 e. The summed E-state index contributed by atoms with van der Waals surface area (Å²) in [7, 11) is 33.9. The SMILES string of the molecule is CN(C)P(=O)(N(C)C)N(C)C.CN(C)P(=O)(N(C)C)N(C)C.CN(C)P(=O)(N(C)C)N(C)C.CN(C)P(=O)(N(C)C)N(C)C.[Dy+3].[I-].[I-].[I-].[OH3+].[OH3+].[OH3+].[OH3+].[OH3+]. The average molecular weight is 1360 g/mol. The average Bonchev–Trinajstić information content (AvgIpc) is 2.85. The minimum atomic E-state index is -2.44. The normalized spacial score (nSPS) is 11.2. The van der Waals surface area contributed by atoms with Gasteiger partial charge in [0.25, 0.3) is 30.4 Å². The molecule has 0 unspecified atom stereocenters. The molecule has 53 heavy (non-hydrogen) atoms. The van der Waals surface area contributed by atoms with Crippen molar-refractivity contribution in [3.8, 4) is 0 Å². The molecule has 0 saturated heterocycles. The Labute approximate surface area is 406 Å². The van der Waals surface area contributed by atoms with E-state index in [2.05, 4.69) is 0 Å². The van der Waals surface area contributed by atoms with Gasteiger partial charge in [-0.15, -0.1) is 0 Å². The summed E-state index contributed by atoms with van der Waals surface area (Å²) in [6, 6.07) is 0. The Morgan fingerprint density at radius 2 is 0.245 bits per heavy atom. The van der Waals surface area contributed by atoms with E-state index in [1.165, 1.54) is 0 Å². The van der Waals surface area contributed by atoms with E-state index in [0.717, 1.165) is 0 Å². The summed E-state index contributed by atoms with van der Waals surface area (Å²) < 4.78 is 69.3. The molecule has 0 aliphatic heterocycles. The van der Waals surface area contributed by atoms with Gasteiger partial charge in [0.05, 0.1) is 0 Å². The van der Waals surface area contributed by atoms with Gasteiger partial charge in [-0.3, -0.25) is 18.3 Å². The Morgan fingerprint density at radius 3 is 0.245 bits per heavy atom. The minimum absolute atomic E-state index is 0. The monoisotopic (exact) mass is 1360 g/mol. The molecular formula is C24H87DyI3N12O9P4+5. The van der Waals surface area contributed by atoms with Gasteiger partial charge in [0.15, 0.2) is 0 Å². The van der Waals surface area contributed by atoms with Crippen molar-refractivity contribution >= 4 is 30.4 Å². The molecule has 0 aromatic rings. The van der Waals surface area contributed by atoms with Gasteiger partial charge >= 0.3 is 38.2 Å². The minimum Gasteiger partial charge on any atom is -1.00 e. The molecule has 29 heteroatoms. The molecule has 0 rings (SSSR count). The molecule has 343 valence electrons. The zero-order valence-electron chi connectivity index (χ0n) is 37.1. The van der Waals surface area contributed by atoms with Crippen LogP contribution in [0.5, 0.6) is 0 Å². The Kier molecular flexibility index (Phi) is 71.4. The van der Waals surface area contributed by atoms with E-state index < -0.39 is 30.4 Å². The molecule has 0 bridgehead atoms. The van der Waals surface area contributed by atoms with Crippen molar-refractivity contribution in [3.05, 3.63) is 0 Å². The van der Waals surface area contributed by atoms with Crippen molar-refractivity contribution in [2.24, 2.45) is 0 Å². The molecule has 21 nitrogen and oxygen atoms in total. The summed E-state index contributed by atoms with van der Waals surface area (Å²) in [6.07, 6.45) is 0. The summed E-state index contributed by atoms with van der Waals surface area (Å²) in [5.41, 5.74) is 0. The van der Waals surface area contributed by atoms with Crippen LogP contribution in [-0.2, 0) is 45.6 Å². The molecule has 0 amide bonds. The van der Waals surface area contributed by atoms with Crippen LogP contribution in [0.25, 0.3) is 0 Å². The summed E-state index contributed by atoms with van der Waals surface area (Å²) in [6.45, 7) is 0. The first-order chi connectivity index (χ1) is 19.3. The third-order valence-electron chi connectivity index (χ3n) is 6.25. The second-order valence-electron chi connectivity index (χ2n) is 12.2. The Balaban J connectivity index is -0.0000000346. The van der Waals surface area contributed by atoms with Gasteiger partial charge in [-0.2, -0.15) is 0 Å². The summed E-state index contributed by atoms with van der Waals surface area (Å²) in [5.74, 6) is 0. The summed E-state index contributed by atoms with van der Waals surface area (Å²) in [4.78, 5) is 0. The van der Waals surface area contributed by atoms with Gasteiger partial charge in [0.2, 0.25) is 0 Å². The first kappa shape index (κ1) is 92.1. The molecule has 0 spiro atoms. The van der Waals surface area contributed by atoms with Crippen molar-refractivity contribution in [1.82, 2.24) is 56.0 Å². The zero-order chi connectivity index (χ0) is 36.9. The maximum Gasteiger partial charge on any atom is 3.00 e. The molecule has 0 saturated carbocycles. The maximum atomic E-state index is 12.1. The molecule has 0 aliphatic rings. The van der Waals surface area contributed by atoms with E-state index in [0.29, 0.717) is 0 Å². The van der Waals surface area contributed by atoms with Gasteiger partial charge < -0.3 is 99.3 Å². The molecule has 0 aromatic carbocycles. The van der Waals surface area contributed by atoms with Gasteiger partial charge in [0.1, 0.15) is 0 Å². The number of rotatable bonds is 12. The Bertz CT molecular complexity index is 745. The standard InChI is InChI=1S/4C6H18N3OP.Dy.3HI.5H2O/c4*1-7(2)11(10,8(3)4)9(5)6;;;;;;;;;/h4*1-6H3;;3*1H;5*1H2/q;;;;+3;;;;;;;;/p+2. The van der Waals surface area contributed by atoms with E-state index >= 15 is 0 Å². The van der Waals surface area contributed by atoms with Gasteiger partial charge in [0, 0.05) is 0 Å². The van der Waals surface area contributed by atoms with Crippen LogP contribution < -0.4 is 71.9 Å². The van der Waals surface area contributed by atoms with Crippen LogP contribution in [0, 0.1) is 38.2 Å². The molecule has 0 aliphatic carbocycles. The van der Waals surface area contributed by atoms with Crippen molar-refractivity contribution < 1.29 is 156 Å². The smallest absolute Gasteiger partial charge is 1.00 e. The second-order valence-corrected chi connectivity index (χ2v) is 25.9. The fraction of sp³-hybridized carbons (Fsp3) is 1.00. The first-order valence-corrected chi connectivity index (χ1v) is 20.1. The Hall–Kier alpha value is 3.70. The maximum absolute atomic E-state index is 12.1. The quantitative estimate of drug-likeness (QED) is 0.0997. The first-order valence-electron chi connectivity index (χ1n) is 13.9. The molecule has 0 heterocycles. The third-order valence-corrected chi connectivity index (χ3v) is 18.8. The fourth-order valence-corrected chi connectivity index (χ4v) is 12.9. The topological polar surface area (TPSA) is 272 Å². The molecule has 0 aromatic heterocycles.